The lowest BCUT2D eigenvalue weighted by atomic mass is 10.2. The molecule has 0 aliphatic rings. The summed E-state index contributed by atoms with van der Waals surface area (Å²) in [6, 6.07) is 12.0. The molecule has 1 unspecified atom stereocenters. The summed E-state index contributed by atoms with van der Waals surface area (Å²) >= 11 is 5.41. The largest absolute Gasteiger partial charge is 0.611 e. The summed E-state index contributed by atoms with van der Waals surface area (Å²) in [5.41, 5.74) is 0.502. The van der Waals surface area contributed by atoms with Gasteiger partial charge in [0, 0.05) is 15.5 Å². The first-order valence-electron chi connectivity index (χ1n) is 8.05. The van der Waals surface area contributed by atoms with E-state index >= 15 is 0 Å². The van der Waals surface area contributed by atoms with Crippen molar-refractivity contribution in [2.75, 3.05) is 26.4 Å². The SMILES string of the molecule is CN(C)CC[S+]([O-])c1cn(S(=O)(=O)c2ccccc2Br)c2ccc(Br)cc12. The Kier molecular flexibility index (Phi) is 6.39. The third kappa shape index (κ3) is 4.28. The second kappa shape index (κ2) is 8.26. The van der Waals surface area contributed by atoms with E-state index in [1.54, 1.807) is 36.4 Å². The van der Waals surface area contributed by atoms with Gasteiger partial charge in [-0.15, -0.1) is 0 Å². The minimum Gasteiger partial charge on any atom is -0.611 e. The molecule has 0 radical (unpaired) electrons. The van der Waals surface area contributed by atoms with E-state index < -0.39 is 21.2 Å². The number of nitrogens with zero attached hydrogens (tertiary/aromatic N) is 2. The highest BCUT2D eigenvalue weighted by molar-refractivity contribution is 9.10. The van der Waals surface area contributed by atoms with E-state index in [1.165, 1.54) is 10.2 Å². The van der Waals surface area contributed by atoms with Gasteiger partial charge in [0.2, 0.25) is 0 Å². The molecule has 0 spiro atoms. The van der Waals surface area contributed by atoms with E-state index in [4.69, 9.17) is 0 Å². The van der Waals surface area contributed by atoms with Crippen molar-refractivity contribution >= 4 is 64.0 Å². The molecule has 1 aromatic heterocycles. The number of aromatic nitrogens is 1. The molecule has 144 valence electrons. The molecule has 3 rings (SSSR count). The normalized spacial score (nSPS) is 13.4. The summed E-state index contributed by atoms with van der Waals surface area (Å²) in [7, 11) is -0.0211. The monoisotopic (exact) mass is 532 g/mol. The summed E-state index contributed by atoms with van der Waals surface area (Å²) < 4.78 is 41.9. The fraction of sp³-hybridized carbons (Fsp3) is 0.222. The van der Waals surface area contributed by atoms with E-state index in [-0.39, 0.29) is 4.90 Å². The lowest BCUT2D eigenvalue weighted by Crippen LogP contribution is -2.22. The Bertz CT molecular complexity index is 1080. The fourth-order valence-electron chi connectivity index (χ4n) is 2.66. The molecule has 0 aliphatic heterocycles. The Hall–Kier alpha value is -0.840. The maximum atomic E-state index is 13.3. The molecule has 2 aromatic carbocycles. The van der Waals surface area contributed by atoms with Crippen LogP contribution < -0.4 is 0 Å². The first kappa shape index (κ1) is 20.9. The number of hydrogen-bond acceptors (Lipinski definition) is 4. The Morgan fingerprint density at radius 2 is 1.85 bits per heavy atom. The molecule has 0 N–H and O–H groups in total. The topological polar surface area (TPSA) is 65.4 Å². The first-order chi connectivity index (χ1) is 12.7. The van der Waals surface area contributed by atoms with Crippen molar-refractivity contribution in [1.29, 1.82) is 0 Å². The van der Waals surface area contributed by atoms with Crippen LogP contribution in [0.25, 0.3) is 10.9 Å². The predicted octanol–water partition coefficient (Wildman–Crippen LogP) is 4.07. The number of hydrogen-bond donors (Lipinski definition) is 0. The highest BCUT2D eigenvalue weighted by Crippen LogP contribution is 2.33. The van der Waals surface area contributed by atoms with E-state index in [9.17, 15) is 13.0 Å². The van der Waals surface area contributed by atoms with Crippen LogP contribution in [0.5, 0.6) is 0 Å². The summed E-state index contributed by atoms with van der Waals surface area (Å²) in [4.78, 5) is 2.63. The van der Waals surface area contributed by atoms with Crippen LogP contribution in [-0.2, 0) is 21.2 Å². The summed E-state index contributed by atoms with van der Waals surface area (Å²) in [5, 5.41) is 0.664. The van der Waals surface area contributed by atoms with Crippen molar-refractivity contribution in [2.45, 2.75) is 9.79 Å². The third-order valence-electron chi connectivity index (χ3n) is 4.04. The lowest BCUT2D eigenvalue weighted by molar-refractivity contribution is 0.432. The lowest BCUT2D eigenvalue weighted by Gasteiger charge is -2.13. The van der Waals surface area contributed by atoms with Crippen molar-refractivity contribution in [3.63, 3.8) is 0 Å². The first-order valence-corrected chi connectivity index (χ1v) is 12.4. The zero-order chi connectivity index (χ0) is 19.8. The van der Waals surface area contributed by atoms with Gasteiger partial charge in [-0.2, -0.15) is 0 Å². The van der Waals surface area contributed by atoms with Gasteiger partial charge in [0.05, 0.1) is 17.1 Å². The van der Waals surface area contributed by atoms with E-state index in [0.29, 0.717) is 32.6 Å². The van der Waals surface area contributed by atoms with Crippen molar-refractivity contribution in [1.82, 2.24) is 8.87 Å². The van der Waals surface area contributed by atoms with Crippen molar-refractivity contribution in [3.05, 3.63) is 57.6 Å². The molecule has 9 heteroatoms. The van der Waals surface area contributed by atoms with Crippen LogP contribution in [0.3, 0.4) is 0 Å². The maximum Gasteiger partial charge on any atom is 0.269 e. The van der Waals surface area contributed by atoms with E-state index in [2.05, 4.69) is 31.9 Å². The number of rotatable bonds is 6. The predicted molar refractivity (Wildman–Crippen MR) is 116 cm³/mol. The number of fused-ring (bicyclic) bond motifs is 1. The fourth-order valence-corrected chi connectivity index (χ4v) is 6.81. The van der Waals surface area contributed by atoms with Gasteiger partial charge < -0.3 is 9.45 Å². The van der Waals surface area contributed by atoms with Gasteiger partial charge in [0.25, 0.3) is 10.0 Å². The van der Waals surface area contributed by atoms with Crippen LogP contribution in [0.15, 0.2) is 67.4 Å². The van der Waals surface area contributed by atoms with Gasteiger partial charge in [0.15, 0.2) is 4.90 Å². The Balaban J connectivity index is 2.18. The van der Waals surface area contributed by atoms with Crippen LogP contribution in [0.1, 0.15) is 0 Å². The van der Waals surface area contributed by atoms with Gasteiger partial charge in [0.1, 0.15) is 10.6 Å². The van der Waals surface area contributed by atoms with Gasteiger partial charge in [-0.05, 0) is 71.5 Å². The van der Waals surface area contributed by atoms with Crippen LogP contribution in [-0.4, -0.2) is 48.2 Å². The molecule has 1 atom stereocenters. The average molecular weight is 534 g/mol. The molecule has 0 saturated heterocycles. The molecule has 0 saturated carbocycles. The minimum atomic E-state index is -3.84. The molecule has 1 heterocycles. The van der Waals surface area contributed by atoms with E-state index in [1.807, 2.05) is 25.1 Å². The summed E-state index contributed by atoms with van der Waals surface area (Å²) in [6.07, 6.45) is 1.48. The molecule has 0 fully saturated rings. The molecule has 27 heavy (non-hydrogen) atoms. The molecular formula is C18H18Br2N2O3S2. The van der Waals surface area contributed by atoms with Gasteiger partial charge in [-0.25, -0.2) is 12.4 Å². The Labute approximate surface area is 178 Å². The van der Waals surface area contributed by atoms with Crippen molar-refractivity contribution in [3.8, 4) is 0 Å². The van der Waals surface area contributed by atoms with Crippen molar-refractivity contribution < 1.29 is 13.0 Å². The van der Waals surface area contributed by atoms with Crippen LogP contribution in [0.4, 0.5) is 0 Å². The molecule has 0 amide bonds. The Morgan fingerprint density at radius 1 is 1.15 bits per heavy atom. The zero-order valence-electron chi connectivity index (χ0n) is 14.7. The maximum absolute atomic E-state index is 13.3. The van der Waals surface area contributed by atoms with Crippen LogP contribution >= 0.6 is 31.9 Å². The van der Waals surface area contributed by atoms with Gasteiger partial charge in [-0.1, -0.05) is 28.1 Å². The van der Waals surface area contributed by atoms with Gasteiger partial charge in [-0.3, -0.25) is 0 Å². The second-order valence-corrected chi connectivity index (χ2v) is 11.3. The highest BCUT2D eigenvalue weighted by atomic mass is 79.9. The quantitative estimate of drug-likeness (QED) is 0.448. The van der Waals surface area contributed by atoms with Gasteiger partial charge >= 0.3 is 0 Å². The minimum absolute atomic E-state index is 0.162. The molecule has 3 aromatic rings. The standard InChI is InChI=1S/C18H18Br2N2O3S2/c1-21(2)9-10-26(23)17-12-22(16-8-7-13(19)11-14(16)17)27(24,25)18-6-4-3-5-15(18)20/h3-8,11-12H,9-10H2,1-2H3. The van der Waals surface area contributed by atoms with Crippen molar-refractivity contribution in [2.24, 2.45) is 0 Å². The van der Waals surface area contributed by atoms with Crippen LogP contribution in [0, 0.1) is 0 Å². The van der Waals surface area contributed by atoms with Crippen LogP contribution in [0.2, 0.25) is 0 Å². The van der Waals surface area contributed by atoms with E-state index in [0.717, 1.165) is 4.47 Å². The molecular weight excluding hydrogens is 516 g/mol. The Morgan fingerprint density at radius 3 is 2.52 bits per heavy atom. The molecule has 0 bridgehead atoms. The smallest absolute Gasteiger partial charge is 0.269 e. The average Bonchev–Trinajstić information content (AvgIpc) is 2.99. The third-order valence-corrected chi connectivity index (χ3v) is 8.59. The summed E-state index contributed by atoms with van der Waals surface area (Å²) in [6.45, 7) is 0.643. The molecule has 0 aliphatic carbocycles. The number of benzene rings is 2. The zero-order valence-corrected chi connectivity index (χ0v) is 19.5. The second-order valence-electron chi connectivity index (χ2n) is 6.24. The number of halogens is 2. The highest BCUT2D eigenvalue weighted by Gasteiger charge is 2.27. The summed E-state index contributed by atoms with van der Waals surface area (Å²) in [5.74, 6) is 0.424. The molecule has 5 nitrogen and oxygen atoms in total.